The van der Waals surface area contributed by atoms with E-state index in [1.165, 1.54) is 12.8 Å². The van der Waals surface area contributed by atoms with E-state index in [0.717, 1.165) is 41.7 Å². The Hall–Kier alpha value is -2.05. The lowest BCUT2D eigenvalue weighted by Gasteiger charge is -2.23. The van der Waals surface area contributed by atoms with Crippen LogP contribution in [0.2, 0.25) is 0 Å². The van der Waals surface area contributed by atoms with Gasteiger partial charge in [0.25, 0.3) is 0 Å². The molecule has 0 aliphatic carbocycles. The molecule has 3 rings (SSSR count). The molecule has 3 nitrogen and oxygen atoms in total. The van der Waals surface area contributed by atoms with E-state index >= 15 is 0 Å². The van der Waals surface area contributed by atoms with E-state index < -0.39 is 0 Å². The zero-order valence-corrected chi connectivity index (χ0v) is 11.5. The summed E-state index contributed by atoms with van der Waals surface area (Å²) in [7, 11) is 0. The summed E-state index contributed by atoms with van der Waals surface area (Å²) in [5.41, 5.74) is 1.87. The predicted octanol–water partition coefficient (Wildman–Crippen LogP) is 3.12. The highest BCUT2D eigenvalue weighted by atomic mass is 14.9. The van der Waals surface area contributed by atoms with Crippen LogP contribution in [-0.4, -0.2) is 19.6 Å². The molecule has 2 aromatic carbocycles. The van der Waals surface area contributed by atoms with Crippen molar-refractivity contribution in [1.82, 2.24) is 5.32 Å². The Labute approximate surface area is 119 Å². The first-order valence-corrected chi connectivity index (χ1v) is 7.25. The minimum atomic E-state index is 0.693. The second kappa shape index (κ2) is 5.94. The number of hydrogen-bond acceptors (Lipinski definition) is 3. The molecule has 0 amide bonds. The molecule has 0 aromatic heterocycles. The van der Waals surface area contributed by atoms with Crippen molar-refractivity contribution in [1.29, 1.82) is 5.26 Å². The third-order valence-electron chi connectivity index (χ3n) is 4.02. The largest absolute Gasteiger partial charge is 0.384 e. The SMILES string of the molecule is N#Cc1ccc(NCC2CCCNC2)c2ccccc12. The number of piperidine rings is 1. The van der Waals surface area contributed by atoms with Gasteiger partial charge in [0.15, 0.2) is 0 Å². The zero-order chi connectivity index (χ0) is 13.8. The van der Waals surface area contributed by atoms with E-state index in [0.29, 0.717) is 5.92 Å². The first-order valence-electron chi connectivity index (χ1n) is 7.25. The molecule has 2 N–H and O–H groups in total. The van der Waals surface area contributed by atoms with Crippen molar-refractivity contribution in [2.75, 3.05) is 25.0 Å². The molecule has 2 aromatic rings. The van der Waals surface area contributed by atoms with E-state index in [2.05, 4.69) is 22.8 Å². The van der Waals surface area contributed by atoms with Gasteiger partial charge in [0.05, 0.1) is 11.6 Å². The predicted molar refractivity (Wildman–Crippen MR) is 82.7 cm³/mol. The van der Waals surface area contributed by atoms with Crippen molar-refractivity contribution in [3.63, 3.8) is 0 Å². The number of anilines is 1. The van der Waals surface area contributed by atoms with Crippen LogP contribution in [0.4, 0.5) is 5.69 Å². The van der Waals surface area contributed by atoms with E-state index in [4.69, 9.17) is 0 Å². The van der Waals surface area contributed by atoms with Gasteiger partial charge in [-0.2, -0.15) is 5.26 Å². The molecule has 1 unspecified atom stereocenters. The highest BCUT2D eigenvalue weighted by Crippen LogP contribution is 2.26. The lowest BCUT2D eigenvalue weighted by atomic mass is 9.99. The van der Waals surface area contributed by atoms with Gasteiger partial charge in [-0.05, 0) is 44.0 Å². The fourth-order valence-electron chi connectivity index (χ4n) is 2.90. The summed E-state index contributed by atoms with van der Waals surface area (Å²) in [6, 6.07) is 14.3. The number of nitrogens with one attached hydrogen (secondary N) is 2. The van der Waals surface area contributed by atoms with Crippen LogP contribution in [-0.2, 0) is 0 Å². The van der Waals surface area contributed by atoms with Gasteiger partial charge >= 0.3 is 0 Å². The molecule has 1 heterocycles. The summed E-state index contributed by atoms with van der Waals surface area (Å²) >= 11 is 0. The number of nitrogens with zero attached hydrogens (tertiary/aromatic N) is 1. The first kappa shape index (κ1) is 13.0. The molecule has 1 saturated heterocycles. The van der Waals surface area contributed by atoms with E-state index in [1.807, 2.05) is 30.3 Å². The molecule has 1 aliphatic heterocycles. The third kappa shape index (κ3) is 2.61. The van der Waals surface area contributed by atoms with Crippen molar-refractivity contribution < 1.29 is 0 Å². The molecular formula is C17H19N3. The highest BCUT2D eigenvalue weighted by Gasteiger charge is 2.13. The Bertz CT molecular complexity index is 636. The van der Waals surface area contributed by atoms with Gasteiger partial charge in [0, 0.05) is 23.0 Å². The summed E-state index contributed by atoms with van der Waals surface area (Å²) < 4.78 is 0. The molecule has 3 heteroatoms. The van der Waals surface area contributed by atoms with Crippen LogP contribution in [0.1, 0.15) is 18.4 Å². The molecule has 0 radical (unpaired) electrons. The van der Waals surface area contributed by atoms with Gasteiger partial charge in [-0.3, -0.25) is 0 Å². The van der Waals surface area contributed by atoms with E-state index in [-0.39, 0.29) is 0 Å². The topological polar surface area (TPSA) is 47.9 Å². The molecule has 102 valence electrons. The summed E-state index contributed by atoms with van der Waals surface area (Å²) in [5, 5.41) is 18.3. The van der Waals surface area contributed by atoms with Crippen molar-refractivity contribution >= 4 is 16.5 Å². The monoisotopic (exact) mass is 265 g/mol. The second-order valence-corrected chi connectivity index (χ2v) is 5.41. The maximum atomic E-state index is 9.18. The van der Waals surface area contributed by atoms with Crippen LogP contribution in [0.15, 0.2) is 36.4 Å². The van der Waals surface area contributed by atoms with Crippen LogP contribution < -0.4 is 10.6 Å². The molecule has 0 bridgehead atoms. The van der Waals surface area contributed by atoms with Crippen LogP contribution >= 0.6 is 0 Å². The molecule has 0 saturated carbocycles. The number of fused-ring (bicyclic) bond motifs is 1. The summed E-state index contributed by atoms with van der Waals surface area (Å²) in [6.07, 6.45) is 2.55. The zero-order valence-electron chi connectivity index (χ0n) is 11.5. The lowest BCUT2D eigenvalue weighted by molar-refractivity contribution is 0.393. The Morgan fingerprint density at radius 1 is 1.20 bits per heavy atom. The quantitative estimate of drug-likeness (QED) is 0.896. The molecule has 0 spiro atoms. The second-order valence-electron chi connectivity index (χ2n) is 5.41. The molecule has 20 heavy (non-hydrogen) atoms. The van der Waals surface area contributed by atoms with Crippen LogP contribution in [0.3, 0.4) is 0 Å². The first-order chi connectivity index (χ1) is 9.88. The number of hydrogen-bond donors (Lipinski definition) is 2. The molecule has 1 aliphatic rings. The smallest absolute Gasteiger partial charge is 0.0998 e. The maximum Gasteiger partial charge on any atom is 0.0998 e. The normalized spacial score (nSPS) is 18.6. The minimum Gasteiger partial charge on any atom is -0.384 e. The van der Waals surface area contributed by atoms with Gasteiger partial charge in [0.1, 0.15) is 0 Å². The standard InChI is InChI=1S/C17H19N3/c18-10-14-7-8-17(16-6-2-1-5-15(14)16)20-12-13-4-3-9-19-11-13/h1-2,5-8,13,19-20H,3-4,9,11-12H2. The Kier molecular flexibility index (Phi) is 3.85. The van der Waals surface area contributed by atoms with Gasteiger partial charge < -0.3 is 10.6 Å². The Morgan fingerprint density at radius 3 is 2.80 bits per heavy atom. The van der Waals surface area contributed by atoms with Gasteiger partial charge in [0.2, 0.25) is 0 Å². The van der Waals surface area contributed by atoms with E-state index in [1.54, 1.807) is 0 Å². The lowest BCUT2D eigenvalue weighted by Crippen LogP contribution is -2.33. The van der Waals surface area contributed by atoms with Crippen molar-refractivity contribution in [3.8, 4) is 6.07 Å². The van der Waals surface area contributed by atoms with Crippen LogP contribution in [0.5, 0.6) is 0 Å². The van der Waals surface area contributed by atoms with Gasteiger partial charge in [-0.15, -0.1) is 0 Å². The van der Waals surface area contributed by atoms with Crippen LogP contribution in [0, 0.1) is 17.2 Å². The molecular weight excluding hydrogens is 246 g/mol. The Morgan fingerprint density at radius 2 is 2.05 bits per heavy atom. The fraction of sp³-hybridized carbons (Fsp3) is 0.353. The average Bonchev–Trinajstić information content (AvgIpc) is 2.53. The summed E-state index contributed by atoms with van der Waals surface area (Å²) in [6.45, 7) is 3.24. The average molecular weight is 265 g/mol. The summed E-state index contributed by atoms with van der Waals surface area (Å²) in [4.78, 5) is 0. The van der Waals surface area contributed by atoms with Crippen molar-refractivity contribution in [2.24, 2.45) is 5.92 Å². The van der Waals surface area contributed by atoms with Crippen molar-refractivity contribution in [3.05, 3.63) is 42.0 Å². The fourth-order valence-corrected chi connectivity index (χ4v) is 2.90. The van der Waals surface area contributed by atoms with Crippen molar-refractivity contribution in [2.45, 2.75) is 12.8 Å². The number of benzene rings is 2. The highest BCUT2D eigenvalue weighted by molar-refractivity contribution is 5.97. The minimum absolute atomic E-state index is 0.693. The van der Waals surface area contributed by atoms with Crippen LogP contribution in [0.25, 0.3) is 10.8 Å². The van der Waals surface area contributed by atoms with Gasteiger partial charge in [-0.25, -0.2) is 0 Å². The van der Waals surface area contributed by atoms with E-state index in [9.17, 15) is 5.26 Å². The maximum absolute atomic E-state index is 9.18. The number of rotatable bonds is 3. The summed E-state index contributed by atoms with van der Waals surface area (Å²) in [5.74, 6) is 0.693. The third-order valence-corrected chi connectivity index (χ3v) is 4.02. The molecule has 1 atom stereocenters. The Balaban J connectivity index is 1.83. The molecule has 1 fully saturated rings. The van der Waals surface area contributed by atoms with Gasteiger partial charge in [-0.1, -0.05) is 24.3 Å². The number of nitriles is 1.